The summed E-state index contributed by atoms with van der Waals surface area (Å²) in [6.07, 6.45) is 2.39. The van der Waals surface area contributed by atoms with Crippen LogP contribution in [0.15, 0.2) is 22.7 Å². The molecule has 1 aromatic carbocycles. The fourth-order valence-corrected chi connectivity index (χ4v) is 2.97. The summed E-state index contributed by atoms with van der Waals surface area (Å²) in [5, 5.41) is 3.44. The standard InChI is InChI=1S/C15H23BrN2O/c1-15(17-2)6-8-18(9-7-15)11-12-10-13(16)4-5-14(12)19-3/h4-5,10,17H,6-9,11H2,1-3H3. The molecule has 19 heavy (non-hydrogen) atoms. The molecule has 0 aliphatic carbocycles. The number of benzene rings is 1. The van der Waals surface area contributed by atoms with Crippen molar-refractivity contribution in [1.82, 2.24) is 10.2 Å². The van der Waals surface area contributed by atoms with Crippen LogP contribution in [-0.2, 0) is 6.54 Å². The molecule has 4 heteroatoms. The Bertz CT molecular complexity index is 428. The smallest absolute Gasteiger partial charge is 0.123 e. The van der Waals surface area contributed by atoms with E-state index in [-0.39, 0.29) is 0 Å². The van der Waals surface area contributed by atoms with E-state index in [9.17, 15) is 0 Å². The summed E-state index contributed by atoms with van der Waals surface area (Å²) in [5.41, 5.74) is 1.56. The lowest BCUT2D eigenvalue weighted by atomic mass is 9.90. The van der Waals surface area contributed by atoms with Gasteiger partial charge in [0, 0.05) is 35.2 Å². The molecule has 106 valence electrons. The van der Waals surface area contributed by atoms with Crippen molar-refractivity contribution in [2.75, 3.05) is 27.2 Å². The van der Waals surface area contributed by atoms with Crippen LogP contribution in [-0.4, -0.2) is 37.7 Å². The molecule has 0 bridgehead atoms. The van der Waals surface area contributed by atoms with Crippen LogP contribution in [0.1, 0.15) is 25.3 Å². The number of hydrogen-bond donors (Lipinski definition) is 1. The summed E-state index contributed by atoms with van der Waals surface area (Å²) < 4.78 is 6.56. The lowest BCUT2D eigenvalue weighted by molar-refractivity contribution is 0.145. The van der Waals surface area contributed by atoms with Crippen LogP contribution in [0.5, 0.6) is 5.75 Å². The zero-order chi connectivity index (χ0) is 13.9. The zero-order valence-corrected chi connectivity index (χ0v) is 13.6. The van der Waals surface area contributed by atoms with Gasteiger partial charge in [0.2, 0.25) is 0 Å². The predicted molar refractivity (Wildman–Crippen MR) is 82.7 cm³/mol. The predicted octanol–water partition coefficient (Wildman–Crippen LogP) is 3.03. The van der Waals surface area contributed by atoms with Crippen molar-refractivity contribution >= 4 is 15.9 Å². The van der Waals surface area contributed by atoms with Gasteiger partial charge in [-0.25, -0.2) is 0 Å². The Balaban J connectivity index is 2.01. The summed E-state index contributed by atoms with van der Waals surface area (Å²) in [5.74, 6) is 0.977. The molecule has 1 fully saturated rings. The molecule has 0 spiro atoms. The Morgan fingerprint density at radius 2 is 2.05 bits per heavy atom. The molecule has 1 aromatic rings. The molecule has 1 N–H and O–H groups in total. The molecular weight excluding hydrogens is 304 g/mol. The van der Waals surface area contributed by atoms with Gasteiger partial charge in [-0.1, -0.05) is 15.9 Å². The first-order chi connectivity index (χ1) is 9.06. The lowest BCUT2D eigenvalue weighted by Gasteiger charge is -2.39. The molecule has 0 unspecified atom stereocenters. The first-order valence-corrected chi connectivity index (χ1v) is 7.59. The van der Waals surface area contributed by atoms with Crippen LogP contribution < -0.4 is 10.1 Å². The second-order valence-electron chi connectivity index (χ2n) is 5.54. The normalized spacial score (nSPS) is 19.4. The SMILES string of the molecule is CNC1(C)CCN(Cc2cc(Br)ccc2OC)CC1. The highest BCUT2D eigenvalue weighted by atomic mass is 79.9. The Labute approximate surface area is 124 Å². The number of likely N-dealkylation sites (tertiary alicyclic amines) is 1. The van der Waals surface area contributed by atoms with Gasteiger partial charge >= 0.3 is 0 Å². The average Bonchev–Trinajstić information content (AvgIpc) is 2.42. The minimum atomic E-state index is 0.303. The molecule has 2 rings (SSSR count). The van der Waals surface area contributed by atoms with E-state index in [2.05, 4.69) is 46.2 Å². The van der Waals surface area contributed by atoms with Crippen molar-refractivity contribution in [3.63, 3.8) is 0 Å². The molecule has 0 aromatic heterocycles. The van der Waals surface area contributed by atoms with Gasteiger partial charge < -0.3 is 10.1 Å². The van der Waals surface area contributed by atoms with Crippen molar-refractivity contribution < 1.29 is 4.74 Å². The molecule has 1 heterocycles. The van der Waals surface area contributed by atoms with E-state index in [1.807, 2.05) is 12.1 Å². The molecule has 1 saturated heterocycles. The van der Waals surface area contributed by atoms with E-state index >= 15 is 0 Å². The van der Waals surface area contributed by atoms with Gasteiger partial charge in [-0.2, -0.15) is 0 Å². The third-order valence-electron chi connectivity index (χ3n) is 4.20. The van der Waals surface area contributed by atoms with Crippen LogP contribution in [0, 0.1) is 0 Å². The Hall–Kier alpha value is -0.580. The fourth-order valence-electron chi connectivity index (χ4n) is 2.57. The molecule has 0 atom stereocenters. The summed E-state index contributed by atoms with van der Waals surface area (Å²) in [7, 11) is 3.80. The van der Waals surface area contributed by atoms with Crippen molar-refractivity contribution in [2.24, 2.45) is 0 Å². The number of ether oxygens (including phenoxy) is 1. The molecular formula is C15H23BrN2O. The number of rotatable bonds is 4. The Kier molecular flexibility index (Phi) is 4.87. The van der Waals surface area contributed by atoms with Crippen LogP contribution >= 0.6 is 15.9 Å². The van der Waals surface area contributed by atoms with Gasteiger partial charge in [0.15, 0.2) is 0 Å². The first-order valence-electron chi connectivity index (χ1n) is 6.80. The maximum atomic E-state index is 5.44. The number of nitrogens with one attached hydrogen (secondary N) is 1. The lowest BCUT2D eigenvalue weighted by Crippen LogP contribution is -2.49. The fraction of sp³-hybridized carbons (Fsp3) is 0.600. The number of hydrogen-bond acceptors (Lipinski definition) is 3. The van der Waals surface area contributed by atoms with Gasteiger partial charge in [0.1, 0.15) is 5.75 Å². The Morgan fingerprint density at radius 3 is 2.63 bits per heavy atom. The first kappa shape index (κ1) is 14.8. The number of halogens is 1. The van der Waals surface area contributed by atoms with Crippen molar-refractivity contribution in [3.05, 3.63) is 28.2 Å². The number of piperidine rings is 1. The summed E-state index contributed by atoms with van der Waals surface area (Å²) in [6.45, 7) is 5.53. The van der Waals surface area contributed by atoms with Gasteiger partial charge in [-0.15, -0.1) is 0 Å². The van der Waals surface area contributed by atoms with Gasteiger partial charge in [0.05, 0.1) is 7.11 Å². The van der Waals surface area contributed by atoms with Crippen LogP contribution in [0.2, 0.25) is 0 Å². The quantitative estimate of drug-likeness (QED) is 0.920. The van der Waals surface area contributed by atoms with Crippen LogP contribution in [0.25, 0.3) is 0 Å². The number of methoxy groups -OCH3 is 1. The molecule has 1 aliphatic rings. The molecule has 0 radical (unpaired) electrons. The third kappa shape index (κ3) is 3.71. The molecule has 3 nitrogen and oxygen atoms in total. The third-order valence-corrected chi connectivity index (χ3v) is 4.69. The average molecular weight is 327 g/mol. The Morgan fingerprint density at radius 1 is 1.37 bits per heavy atom. The highest BCUT2D eigenvalue weighted by Crippen LogP contribution is 2.27. The van der Waals surface area contributed by atoms with Gasteiger partial charge in [-0.3, -0.25) is 4.90 Å². The summed E-state index contributed by atoms with van der Waals surface area (Å²) in [6, 6.07) is 6.21. The molecule has 0 amide bonds. The topological polar surface area (TPSA) is 24.5 Å². The van der Waals surface area contributed by atoms with Crippen LogP contribution in [0.3, 0.4) is 0 Å². The van der Waals surface area contributed by atoms with E-state index < -0.39 is 0 Å². The monoisotopic (exact) mass is 326 g/mol. The van der Waals surface area contributed by atoms with Crippen molar-refractivity contribution in [2.45, 2.75) is 31.8 Å². The van der Waals surface area contributed by atoms with E-state index in [0.29, 0.717) is 5.54 Å². The van der Waals surface area contributed by atoms with Crippen molar-refractivity contribution in [1.29, 1.82) is 0 Å². The molecule has 0 saturated carbocycles. The minimum absolute atomic E-state index is 0.303. The number of nitrogens with zero attached hydrogens (tertiary/aromatic N) is 1. The maximum Gasteiger partial charge on any atom is 0.123 e. The van der Waals surface area contributed by atoms with Gasteiger partial charge in [0.25, 0.3) is 0 Å². The summed E-state index contributed by atoms with van der Waals surface area (Å²) >= 11 is 3.54. The van der Waals surface area contributed by atoms with E-state index in [1.165, 1.54) is 18.4 Å². The van der Waals surface area contributed by atoms with Crippen molar-refractivity contribution in [3.8, 4) is 5.75 Å². The molecule has 1 aliphatic heterocycles. The van der Waals surface area contributed by atoms with Gasteiger partial charge in [-0.05, 0) is 45.0 Å². The second-order valence-corrected chi connectivity index (χ2v) is 6.46. The summed E-state index contributed by atoms with van der Waals surface area (Å²) in [4.78, 5) is 2.50. The zero-order valence-electron chi connectivity index (χ0n) is 12.0. The van der Waals surface area contributed by atoms with E-state index in [4.69, 9.17) is 4.74 Å². The maximum absolute atomic E-state index is 5.44. The minimum Gasteiger partial charge on any atom is -0.496 e. The van der Waals surface area contributed by atoms with E-state index in [1.54, 1.807) is 7.11 Å². The largest absolute Gasteiger partial charge is 0.496 e. The highest BCUT2D eigenvalue weighted by molar-refractivity contribution is 9.10. The van der Waals surface area contributed by atoms with E-state index in [0.717, 1.165) is 29.9 Å². The highest BCUT2D eigenvalue weighted by Gasteiger charge is 2.28. The second kappa shape index (κ2) is 6.25. The van der Waals surface area contributed by atoms with Crippen LogP contribution in [0.4, 0.5) is 0 Å².